The minimum absolute atomic E-state index is 0.373. The van der Waals surface area contributed by atoms with Gasteiger partial charge in [-0.05, 0) is 12.8 Å². The third-order valence-corrected chi connectivity index (χ3v) is 4.42. The molecule has 1 unspecified atom stereocenters. The van der Waals surface area contributed by atoms with E-state index < -0.39 is 24.5 Å². The standard InChI is InChI=1S/C16H25N5O4/c1-3-5-20(6-4-2)14-11-15(18-8-17-14)21(9-19-11)16-13(24)12(23)10(7-22)25-16/h8-10,12-13,16,22-24H,3-7H2,1-2H3/t10-,12-,13-,16?/m1/s1. The number of fused-ring (bicyclic) bond motifs is 1. The van der Waals surface area contributed by atoms with Crippen molar-refractivity contribution in [3.63, 3.8) is 0 Å². The van der Waals surface area contributed by atoms with Crippen LogP contribution in [0.15, 0.2) is 12.7 Å². The van der Waals surface area contributed by atoms with E-state index in [0.717, 1.165) is 31.7 Å². The van der Waals surface area contributed by atoms with Crippen LogP contribution in [0.4, 0.5) is 5.82 Å². The van der Waals surface area contributed by atoms with Crippen molar-refractivity contribution in [2.24, 2.45) is 0 Å². The molecule has 4 atom stereocenters. The van der Waals surface area contributed by atoms with Gasteiger partial charge in [0, 0.05) is 13.1 Å². The van der Waals surface area contributed by atoms with Crippen molar-refractivity contribution in [1.29, 1.82) is 0 Å². The maximum Gasteiger partial charge on any atom is 0.167 e. The molecule has 9 nitrogen and oxygen atoms in total. The lowest BCUT2D eigenvalue weighted by molar-refractivity contribution is -0.0511. The van der Waals surface area contributed by atoms with E-state index in [2.05, 4.69) is 33.7 Å². The Kier molecular flexibility index (Phi) is 5.48. The van der Waals surface area contributed by atoms with Crippen LogP contribution in [-0.4, -0.2) is 72.8 Å². The highest BCUT2D eigenvalue weighted by Gasteiger charge is 2.44. The average Bonchev–Trinajstić information content (AvgIpc) is 3.16. The molecule has 1 aliphatic rings. The summed E-state index contributed by atoms with van der Waals surface area (Å²) in [7, 11) is 0. The zero-order valence-corrected chi connectivity index (χ0v) is 14.5. The van der Waals surface area contributed by atoms with E-state index in [-0.39, 0.29) is 6.61 Å². The molecule has 3 N–H and O–H groups in total. The summed E-state index contributed by atoms with van der Waals surface area (Å²) in [6, 6.07) is 0. The number of anilines is 1. The number of imidazole rings is 1. The van der Waals surface area contributed by atoms with Gasteiger partial charge in [-0.25, -0.2) is 15.0 Å². The van der Waals surface area contributed by atoms with Crippen molar-refractivity contribution in [1.82, 2.24) is 19.5 Å². The maximum atomic E-state index is 10.2. The van der Waals surface area contributed by atoms with Crippen LogP contribution in [0.1, 0.15) is 32.9 Å². The molecule has 1 saturated heterocycles. The molecule has 2 aromatic heterocycles. The van der Waals surface area contributed by atoms with Crippen molar-refractivity contribution >= 4 is 17.0 Å². The minimum Gasteiger partial charge on any atom is -0.394 e. The Morgan fingerprint density at radius 2 is 1.84 bits per heavy atom. The van der Waals surface area contributed by atoms with Gasteiger partial charge in [-0.1, -0.05) is 13.8 Å². The monoisotopic (exact) mass is 351 g/mol. The number of aliphatic hydroxyl groups excluding tert-OH is 3. The van der Waals surface area contributed by atoms with Crippen molar-refractivity contribution in [3.05, 3.63) is 12.7 Å². The zero-order valence-electron chi connectivity index (χ0n) is 14.5. The van der Waals surface area contributed by atoms with Gasteiger partial charge < -0.3 is 25.0 Å². The third kappa shape index (κ3) is 3.20. The van der Waals surface area contributed by atoms with E-state index in [0.29, 0.717) is 11.2 Å². The first-order chi connectivity index (χ1) is 12.1. The van der Waals surface area contributed by atoms with Gasteiger partial charge in [-0.2, -0.15) is 0 Å². The van der Waals surface area contributed by atoms with Crippen LogP contribution in [0.5, 0.6) is 0 Å². The lowest BCUT2D eigenvalue weighted by Crippen LogP contribution is -2.33. The molecule has 0 radical (unpaired) electrons. The lowest BCUT2D eigenvalue weighted by Gasteiger charge is -2.22. The van der Waals surface area contributed by atoms with Crippen molar-refractivity contribution < 1.29 is 20.1 Å². The highest BCUT2D eigenvalue weighted by Crippen LogP contribution is 2.32. The Balaban J connectivity index is 1.99. The Morgan fingerprint density at radius 3 is 2.44 bits per heavy atom. The zero-order chi connectivity index (χ0) is 18.0. The smallest absolute Gasteiger partial charge is 0.167 e. The first-order valence-electron chi connectivity index (χ1n) is 8.67. The molecule has 2 aromatic rings. The SMILES string of the molecule is CCCN(CCC)c1ncnc2c1ncn2C1O[C@H](CO)[C@@H](O)[C@H]1O. The summed E-state index contributed by atoms with van der Waals surface area (Å²) in [5.41, 5.74) is 1.15. The molecule has 1 aliphatic heterocycles. The summed E-state index contributed by atoms with van der Waals surface area (Å²) in [5.74, 6) is 0.749. The Morgan fingerprint density at radius 1 is 1.12 bits per heavy atom. The first-order valence-corrected chi connectivity index (χ1v) is 8.67. The second-order valence-corrected chi connectivity index (χ2v) is 6.24. The third-order valence-electron chi connectivity index (χ3n) is 4.42. The number of nitrogens with zero attached hydrogens (tertiary/aromatic N) is 5. The summed E-state index contributed by atoms with van der Waals surface area (Å²) >= 11 is 0. The molecule has 0 spiro atoms. The summed E-state index contributed by atoms with van der Waals surface area (Å²) < 4.78 is 7.17. The second kappa shape index (κ2) is 7.61. The molecule has 1 fully saturated rings. The van der Waals surface area contributed by atoms with E-state index >= 15 is 0 Å². The number of aliphatic hydroxyl groups is 3. The van der Waals surface area contributed by atoms with Crippen molar-refractivity contribution in [2.75, 3.05) is 24.6 Å². The van der Waals surface area contributed by atoms with Crippen LogP contribution >= 0.6 is 0 Å². The van der Waals surface area contributed by atoms with Gasteiger partial charge in [0.05, 0.1) is 12.9 Å². The second-order valence-electron chi connectivity index (χ2n) is 6.24. The molecular formula is C16H25N5O4. The van der Waals surface area contributed by atoms with E-state index in [9.17, 15) is 15.3 Å². The van der Waals surface area contributed by atoms with E-state index in [1.165, 1.54) is 12.7 Å². The molecule has 0 saturated carbocycles. The van der Waals surface area contributed by atoms with Crippen LogP contribution < -0.4 is 4.90 Å². The van der Waals surface area contributed by atoms with E-state index in [1.807, 2.05) is 0 Å². The van der Waals surface area contributed by atoms with E-state index in [1.54, 1.807) is 4.57 Å². The van der Waals surface area contributed by atoms with Crippen LogP contribution in [0.3, 0.4) is 0 Å². The van der Waals surface area contributed by atoms with Gasteiger partial charge in [-0.3, -0.25) is 4.57 Å². The molecule has 3 heterocycles. The average molecular weight is 351 g/mol. The normalized spacial score (nSPS) is 26.4. The summed E-state index contributed by atoms with van der Waals surface area (Å²) in [6.45, 7) is 5.57. The van der Waals surface area contributed by atoms with Crippen LogP contribution in [0, 0.1) is 0 Å². The fraction of sp³-hybridized carbons (Fsp3) is 0.688. The quantitative estimate of drug-likeness (QED) is 0.641. The molecule has 0 amide bonds. The topological polar surface area (TPSA) is 117 Å². The molecule has 0 bridgehead atoms. The molecule has 25 heavy (non-hydrogen) atoms. The largest absolute Gasteiger partial charge is 0.394 e. The number of ether oxygens (including phenoxy) is 1. The maximum absolute atomic E-state index is 10.2. The number of rotatable bonds is 7. The van der Waals surface area contributed by atoms with Gasteiger partial charge >= 0.3 is 0 Å². The number of aromatic nitrogens is 4. The Labute approximate surface area is 145 Å². The summed E-state index contributed by atoms with van der Waals surface area (Å²) in [6.07, 6.45) is 0.943. The first kappa shape index (κ1) is 18.0. The highest BCUT2D eigenvalue weighted by atomic mass is 16.6. The number of hydrogen-bond donors (Lipinski definition) is 3. The molecule has 0 aromatic carbocycles. The van der Waals surface area contributed by atoms with Crippen LogP contribution in [0.25, 0.3) is 11.2 Å². The molecule has 138 valence electrons. The van der Waals surface area contributed by atoms with Gasteiger partial charge in [0.15, 0.2) is 23.2 Å². The predicted molar refractivity (Wildman–Crippen MR) is 91.1 cm³/mol. The Hall–Kier alpha value is -1.81. The predicted octanol–water partition coefficient (Wildman–Crippen LogP) is 0.0642. The fourth-order valence-corrected chi connectivity index (χ4v) is 3.23. The number of hydrogen-bond acceptors (Lipinski definition) is 8. The molecule has 0 aliphatic carbocycles. The van der Waals surface area contributed by atoms with Gasteiger partial charge in [0.1, 0.15) is 24.6 Å². The van der Waals surface area contributed by atoms with Gasteiger partial charge in [0.25, 0.3) is 0 Å². The Bertz CT molecular complexity index is 703. The summed E-state index contributed by atoms with van der Waals surface area (Å²) in [4.78, 5) is 15.3. The van der Waals surface area contributed by atoms with E-state index in [4.69, 9.17) is 4.74 Å². The van der Waals surface area contributed by atoms with Crippen molar-refractivity contribution in [3.8, 4) is 0 Å². The van der Waals surface area contributed by atoms with Crippen LogP contribution in [0.2, 0.25) is 0 Å². The summed E-state index contributed by atoms with van der Waals surface area (Å²) in [5, 5.41) is 29.5. The van der Waals surface area contributed by atoms with Crippen molar-refractivity contribution in [2.45, 2.75) is 51.2 Å². The van der Waals surface area contributed by atoms with Gasteiger partial charge in [0.2, 0.25) is 0 Å². The fourth-order valence-electron chi connectivity index (χ4n) is 3.23. The lowest BCUT2D eigenvalue weighted by atomic mass is 10.1. The van der Waals surface area contributed by atoms with Gasteiger partial charge in [-0.15, -0.1) is 0 Å². The highest BCUT2D eigenvalue weighted by molar-refractivity contribution is 5.83. The molecule has 9 heteroatoms. The molecular weight excluding hydrogens is 326 g/mol. The minimum atomic E-state index is -1.17. The molecule has 3 rings (SSSR count). The van der Waals surface area contributed by atoms with Crippen LogP contribution in [-0.2, 0) is 4.74 Å².